The minimum atomic E-state index is 0.0615. The highest BCUT2D eigenvalue weighted by atomic mass is 79.9. The smallest absolute Gasteiger partial charge is 0.254 e. The SMILES string of the molecule is O=C(c1cc(-c2c[nH]c3ccc(Br)cc23)cc2ncc(Br)cc12)N1CCCNCC1. The van der Waals surface area contributed by atoms with Crippen molar-refractivity contribution in [3.63, 3.8) is 0 Å². The first kappa shape index (κ1) is 19.7. The first-order valence-electron chi connectivity index (χ1n) is 9.96. The Bertz CT molecular complexity index is 1260. The molecule has 2 N–H and O–H groups in total. The average Bonchev–Trinajstić information content (AvgIpc) is 2.97. The van der Waals surface area contributed by atoms with Crippen molar-refractivity contribution in [1.82, 2.24) is 20.2 Å². The second-order valence-corrected chi connectivity index (χ2v) is 9.36. The molecule has 1 aliphatic heterocycles. The van der Waals surface area contributed by atoms with Gasteiger partial charge in [-0.1, -0.05) is 15.9 Å². The maximum absolute atomic E-state index is 13.6. The van der Waals surface area contributed by atoms with Crippen molar-refractivity contribution >= 4 is 59.6 Å². The van der Waals surface area contributed by atoms with Gasteiger partial charge in [0, 0.05) is 68.4 Å². The predicted molar refractivity (Wildman–Crippen MR) is 128 cm³/mol. The third-order valence-corrected chi connectivity index (χ3v) is 6.51. The molecule has 1 saturated heterocycles. The molecule has 0 atom stereocenters. The van der Waals surface area contributed by atoms with Gasteiger partial charge in [-0.05, 0) is 70.9 Å². The van der Waals surface area contributed by atoms with Crippen LogP contribution in [0.3, 0.4) is 0 Å². The van der Waals surface area contributed by atoms with Crippen LogP contribution in [-0.2, 0) is 0 Å². The van der Waals surface area contributed by atoms with E-state index >= 15 is 0 Å². The van der Waals surface area contributed by atoms with E-state index in [0.29, 0.717) is 12.1 Å². The van der Waals surface area contributed by atoms with Crippen LogP contribution in [0.15, 0.2) is 57.7 Å². The Morgan fingerprint density at radius 1 is 1.00 bits per heavy atom. The van der Waals surface area contributed by atoms with Crippen molar-refractivity contribution in [1.29, 1.82) is 0 Å². The van der Waals surface area contributed by atoms with E-state index in [2.05, 4.69) is 65.3 Å². The van der Waals surface area contributed by atoms with Crippen LogP contribution in [0.25, 0.3) is 32.9 Å². The zero-order valence-electron chi connectivity index (χ0n) is 16.2. The van der Waals surface area contributed by atoms with Crippen molar-refractivity contribution < 1.29 is 4.79 Å². The summed E-state index contributed by atoms with van der Waals surface area (Å²) in [5.74, 6) is 0.0615. The number of carbonyl (C=O) groups is 1. The van der Waals surface area contributed by atoms with Crippen LogP contribution in [-0.4, -0.2) is 47.0 Å². The highest BCUT2D eigenvalue weighted by molar-refractivity contribution is 9.10. The minimum absolute atomic E-state index is 0.0615. The summed E-state index contributed by atoms with van der Waals surface area (Å²) in [6.07, 6.45) is 4.74. The number of H-pyrrole nitrogens is 1. The first-order chi connectivity index (χ1) is 14.6. The van der Waals surface area contributed by atoms with E-state index < -0.39 is 0 Å². The number of nitrogens with one attached hydrogen (secondary N) is 2. The Hall–Kier alpha value is -2.22. The van der Waals surface area contributed by atoms with E-state index in [-0.39, 0.29) is 5.91 Å². The number of fused-ring (bicyclic) bond motifs is 2. The lowest BCUT2D eigenvalue weighted by Crippen LogP contribution is -2.34. The lowest BCUT2D eigenvalue weighted by atomic mass is 9.98. The number of hydrogen-bond acceptors (Lipinski definition) is 3. The normalized spacial score (nSPS) is 14.9. The van der Waals surface area contributed by atoms with Gasteiger partial charge in [0.25, 0.3) is 5.91 Å². The van der Waals surface area contributed by atoms with Crippen LogP contribution in [0.1, 0.15) is 16.8 Å². The second-order valence-electron chi connectivity index (χ2n) is 7.53. The molecule has 152 valence electrons. The second kappa shape index (κ2) is 8.13. The Morgan fingerprint density at radius 3 is 2.77 bits per heavy atom. The summed E-state index contributed by atoms with van der Waals surface area (Å²) in [5.41, 5.74) is 4.62. The highest BCUT2D eigenvalue weighted by Gasteiger charge is 2.21. The van der Waals surface area contributed by atoms with E-state index in [1.54, 1.807) is 6.20 Å². The molecule has 1 fully saturated rings. The number of carbonyl (C=O) groups excluding carboxylic acids is 1. The maximum Gasteiger partial charge on any atom is 0.254 e. The molecular weight excluding hydrogens is 508 g/mol. The minimum Gasteiger partial charge on any atom is -0.361 e. The average molecular weight is 528 g/mol. The summed E-state index contributed by atoms with van der Waals surface area (Å²) in [6.45, 7) is 3.24. The molecule has 0 aliphatic carbocycles. The van der Waals surface area contributed by atoms with Crippen molar-refractivity contribution in [3.8, 4) is 11.1 Å². The molecule has 7 heteroatoms. The summed E-state index contributed by atoms with van der Waals surface area (Å²) in [4.78, 5) is 23.5. The molecular formula is C23H20Br2N4O. The lowest BCUT2D eigenvalue weighted by molar-refractivity contribution is 0.0768. The maximum atomic E-state index is 13.6. The fourth-order valence-electron chi connectivity index (χ4n) is 4.09. The molecule has 0 saturated carbocycles. The number of hydrogen-bond donors (Lipinski definition) is 2. The summed E-state index contributed by atoms with van der Waals surface area (Å²) in [7, 11) is 0. The molecule has 2 aromatic carbocycles. The van der Waals surface area contributed by atoms with Crippen molar-refractivity contribution in [2.45, 2.75) is 6.42 Å². The van der Waals surface area contributed by atoms with E-state index in [1.165, 1.54) is 0 Å². The summed E-state index contributed by atoms with van der Waals surface area (Å²) >= 11 is 7.08. The molecule has 0 spiro atoms. The zero-order chi connectivity index (χ0) is 20.7. The van der Waals surface area contributed by atoms with Crippen LogP contribution in [0.4, 0.5) is 0 Å². The summed E-state index contributed by atoms with van der Waals surface area (Å²) in [6, 6.07) is 12.2. The number of nitrogens with zero attached hydrogens (tertiary/aromatic N) is 2. The van der Waals surface area contributed by atoms with Gasteiger partial charge in [0.15, 0.2) is 0 Å². The summed E-state index contributed by atoms with van der Waals surface area (Å²) < 4.78 is 1.89. The fraction of sp³-hybridized carbons (Fsp3) is 0.217. The highest BCUT2D eigenvalue weighted by Crippen LogP contribution is 2.34. The molecule has 3 heterocycles. The van der Waals surface area contributed by atoms with Crippen LogP contribution in [0, 0.1) is 0 Å². The van der Waals surface area contributed by atoms with Crippen LogP contribution in [0.2, 0.25) is 0 Å². The number of halogens is 2. The van der Waals surface area contributed by atoms with Crippen molar-refractivity contribution in [2.75, 3.05) is 26.2 Å². The van der Waals surface area contributed by atoms with Crippen molar-refractivity contribution in [2.24, 2.45) is 0 Å². The molecule has 30 heavy (non-hydrogen) atoms. The van der Waals surface area contributed by atoms with Gasteiger partial charge in [-0.25, -0.2) is 0 Å². The Balaban J connectivity index is 1.69. The molecule has 2 aromatic heterocycles. The molecule has 0 bridgehead atoms. The molecule has 0 unspecified atom stereocenters. The van der Waals surface area contributed by atoms with Gasteiger partial charge >= 0.3 is 0 Å². The number of benzene rings is 2. The van der Waals surface area contributed by atoms with E-state index in [4.69, 9.17) is 0 Å². The van der Waals surface area contributed by atoms with Gasteiger partial charge in [0.2, 0.25) is 0 Å². The predicted octanol–water partition coefficient (Wildman–Crippen LogP) is 5.34. The van der Waals surface area contributed by atoms with Gasteiger partial charge < -0.3 is 15.2 Å². The van der Waals surface area contributed by atoms with E-state index in [9.17, 15) is 4.79 Å². The standard InChI is InChI=1S/C23H20Br2N4O/c24-15-2-3-21-18(10-15)20(13-28-21)14-8-19(17-11-16(25)12-27-22(17)9-14)23(30)29-6-1-4-26-5-7-29/h2-3,8-13,26,28H,1,4-7H2. The van der Waals surface area contributed by atoms with Gasteiger partial charge in [-0.15, -0.1) is 0 Å². The number of pyridine rings is 1. The number of aromatic nitrogens is 2. The molecule has 1 aliphatic rings. The molecule has 5 nitrogen and oxygen atoms in total. The summed E-state index contributed by atoms with van der Waals surface area (Å²) in [5, 5.41) is 5.35. The van der Waals surface area contributed by atoms with Gasteiger partial charge in [0.05, 0.1) is 5.52 Å². The zero-order valence-corrected chi connectivity index (χ0v) is 19.4. The largest absolute Gasteiger partial charge is 0.361 e. The molecule has 1 amide bonds. The fourth-order valence-corrected chi connectivity index (χ4v) is 4.78. The molecule has 0 radical (unpaired) electrons. The van der Waals surface area contributed by atoms with E-state index in [1.807, 2.05) is 29.3 Å². The topological polar surface area (TPSA) is 61.0 Å². The van der Waals surface area contributed by atoms with Crippen LogP contribution >= 0.6 is 31.9 Å². The monoisotopic (exact) mass is 526 g/mol. The van der Waals surface area contributed by atoms with E-state index in [0.717, 1.165) is 67.9 Å². The lowest BCUT2D eigenvalue weighted by Gasteiger charge is -2.21. The van der Waals surface area contributed by atoms with Crippen LogP contribution in [0.5, 0.6) is 0 Å². The third-order valence-electron chi connectivity index (χ3n) is 5.58. The molecule has 5 rings (SSSR count). The molecule has 4 aromatic rings. The Labute approximate surface area is 191 Å². The number of rotatable bonds is 2. The van der Waals surface area contributed by atoms with Crippen LogP contribution < -0.4 is 5.32 Å². The van der Waals surface area contributed by atoms with Crippen molar-refractivity contribution in [3.05, 3.63) is 63.3 Å². The van der Waals surface area contributed by atoms with Gasteiger partial charge in [0.1, 0.15) is 0 Å². The van der Waals surface area contributed by atoms with Gasteiger partial charge in [-0.3, -0.25) is 9.78 Å². The Kier molecular flexibility index (Phi) is 5.35. The third kappa shape index (κ3) is 3.66. The first-order valence-corrected chi connectivity index (χ1v) is 11.5. The number of aromatic amines is 1. The number of amides is 1. The quantitative estimate of drug-likeness (QED) is 0.369. The van der Waals surface area contributed by atoms with Gasteiger partial charge in [-0.2, -0.15) is 0 Å². The Morgan fingerprint density at radius 2 is 1.87 bits per heavy atom.